The first-order valence-corrected chi connectivity index (χ1v) is 9.73. The van der Waals surface area contributed by atoms with E-state index in [1.165, 1.54) is 0 Å². The molecular formula is C24H28N2O3. The molecule has 0 radical (unpaired) electrons. The third-order valence-corrected chi connectivity index (χ3v) is 5.12. The van der Waals surface area contributed by atoms with E-state index in [1.807, 2.05) is 74.4 Å². The van der Waals surface area contributed by atoms with Crippen LogP contribution in [0.2, 0.25) is 0 Å². The van der Waals surface area contributed by atoms with E-state index in [9.17, 15) is 15.0 Å². The van der Waals surface area contributed by atoms with E-state index in [-0.39, 0.29) is 17.3 Å². The molecule has 0 amide bonds. The Hall–Kier alpha value is -3.21. The smallest absolute Gasteiger partial charge is 0.185 e. The number of Topliss-reactive ketones (excluding diaryl/α,β-unsaturated/α-hetero) is 1. The van der Waals surface area contributed by atoms with Gasteiger partial charge in [0.15, 0.2) is 5.78 Å². The summed E-state index contributed by atoms with van der Waals surface area (Å²) in [6.07, 6.45) is 6.06. The van der Waals surface area contributed by atoms with E-state index in [0.717, 1.165) is 52.9 Å². The van der Waals surface area contributed by atoms with E-state index >= 15 is 0 Å². The van der Waals surface area contributed by atoms with Crippen molar-refractivity contribution < 1.29 is 15.0 Å². The quantitative estimate of drug-likeness (QED) is 0.753. The lowest BCUT2D eigenvalue weighted by atomic mass is 9.86. The summed E-state index contributed by atoms with van der Waals surface area (Å²) in [6, 6.07) is 10.9. The largest absolute Gasteiger partial charge is 0.506 e. The maximum atomic E-state index is 13.0. The molecule has 2 aromatic carbocycles. The van der Waals surface area contributed by atoms with Crippen LogP contribution in [0, 0.1) is 0 Å². The molecular weight excluding hydrogens is 364 g/mol. The SMILES string of the molecule is CN(C)c1ccc(C=C2CCCC(=Cc3ccc(N(C)C)c(O)c3)C2=O)cc1O. The zero-order chi connectivity index (χ0) is 21.1. The van der Waals surface area contributed by atoms with Gasteiger partial charge in [-0.15, -0.1) is 0 Å². The summed E-state index contributed by atoms with van der Waals surface area (Å²) in [7, 11) is 7.49. The van der Waals surface area contributed by atoms with Gasteiger partial charge in [0, 0.05) is 39.3 Å². The molecule has 1 aliphatic rings. The second-order valence-electron chi connectivity index (χ2n) is 7.81. The summed E-state index contributed by atoms with van der Waals surface area (Å²) >= 11 is 0. The van der Waals surface area contributed by atoms with Crippen molar-refractivity contribution >= 4 is 29.3 Å². The number of anilines is 2. The molecule has 0 saturated heterocycles. The van der Waals surface area contributed by atoms with Crippen LogP contribution in [0.3, 0.4) is 0 Å². The summed E-state index contributed by atoms with van der Waals surface area (Å²) in [5.74, 6) is 0.420. The monoisotopic (exact) mass is 392 g/mol. The highest BCUT2D eigenvalue weighted by Crippen LogP contribution is 2.32. The van der Waals surface area contributed by atoms with Crippen molar-refractivity contribution in [3.63, 3.8) is 0 Å². The third-order valence-electron chi connectivity index (χ3n) is 5.12. The van der Waals surface area contributed by atoms with Gasteiger partial charge in [-0.3, -0.25) is 4.79 Å². The standard InChI is InChI=1S/C24H28N2O3/c1-25(2)20-10-8-16(14-22(20)27)12-18-6-5-7-19(24(18)29)13-17-9-11-21(26(3)4)23(28)15-17/h8-15,27-28H,5-7H2,1-4H3. The van der Waals surface area contributed by atoms with Crippen LogP contribution in [-0.4, -0.2) is 44.2 Å². The molecule has 0 aromatic heterocycles. The summed E-state index contributed by atoms with van der Waals surface area (Å²) in [5.41, 5.74) is 4.59. The van der Waals surface area contributed by atoms with E-state index in [1.54, 1.807) is 12.1 Å². The van der Waals surface area contributed by atoms with E-state index < -0.39 is 0 Å². The van der Waals surface area contributed by atoms with Gasteiger partial charge in [0.25, 0.3) is 0 Å². The minimum atomic E-state index is 0.0311. The van der Waals surface area contributed by atoms with Crippen LogP contribution in [0.1, 0.15) is 30.4 Å². The molecule has 2 N–H and O–H groups in total. The molecule has 0 unspecified atom stereocenters. The topological polar surface area (TPSA) is 64.0 Å². The van der Waals surface area contributed by atoms with Crippen LogP contribution in [0.5, 0.6) is 11.5 Å². The van der Waals surface area contributed by atoms with Crippen molar-refractivity contribution in [1.29, 1.82) is 0 Å². The van der Waals surface area contributed by atoms with E-state index in [4.69, 9.17) is 0 Å². The number of rotatable bonds is 4. The first-order valence-electron chi connectivity index (χ1n) is 9.73. The molecule has 0 spiro atoms. The molecule has 152 valence electrons. The molecule has 2 aromatic rings. The number of hydrogen-bond acceptors (Lipinski definition) is 5. The van der Waals surface area contributed by atoms with Gasteiger partial charge in [0.1, 0.15) is 11.5 Å². The Kier molecular flexibility index (Phi) is 5.97. The number of carbonyl (C=O) groups excluding carboxylic acids is 1. The Bertz CT molecular complexity index is 910. The fourth-order valence-electron chi connectivity index (χ4n) is 3.60. The molecule has 1 aliphatic carbocycles. The fraction of sp³-hybridized carbons (Fsp3) is 0.292. The van der Waals surface area contributed by atoms with Gasteiger partial charge in [-0.25, -0.2) is 0 Å². The summed E-state index contributed by atoms with van der Waals surface area (Å²) in [6.45, 7) is 0. The number of carbonyl (C=O) groups is 1. The van der Waals surface area contributed by atoms with Crippen LogP contribution < -0.4 is 9.80 Å². The maximum Gasteiger partial charge on any atom is 0.185 e. The fourth-order valence-corrected chi connectivity index (χ4v) is 3.60. The molecule has 5 heteroatoms. The third kappa shape index (κ3) is 4.62. The van der Waals surface area contributed by atoms with Gasteiger partial charge < -0.3 is 20.0 Å². The van der Waals surface area contributed by atoms with Gasteiger partial charge in [-0.1, -0.05) is 12.1 Å². The maximum absolute atomic E-state index is 13.0. The predicted octanol–water partition coefficient (Wildman–Crippen LogP) is 4.45. The highest BCUT2D eigenvalue weighted by atomic mass is 16.3. The lowest BCUT2D eigenvalue weighted by Gasteiger charge is -2.18. The zero-order valence-electron chi connectivity index (χ0n) is 17.4. The lowest BCUT2D eigenvalue weighted by molar-refractivity contribution is -0.112. The van der Waals surface area contributed by atoms with Crippen LogP contribution in [0.25, 0.3) is 12.2 Å². The number of benzene rings is 2. The van der Waals surface area contributed by atoms with Crippen molar-refractivity contribution in [2.45, 2.75) is 19.3 Å². The number of ketones is 1. The normalized spacial score (nSPS) is 17.0. The molecule has 5 nitrogen and oxygen atoms in total. The first kappa shape index (κ1) is 20.5. The molecule has 1 saturated carbocycles. The van der Waals surface area contributed by atoms with Gasteiger partial charge in [0.2, 0.25) is 0 Å². The summed E-state index contributed by atoms with van der Waals surface area (Å²) < 4.78 is 0. The Balaban J connectivity index is 1.87. The molecule has 3 rings (SSSR count). The number of aromatic hydroxyl groups is 2. The molecule has 0 aliphatic heterocycles. The number of nitrogens with zero attached hydrogens (tertiary/aromatic N) is 2. The highest BCUT2D eigenvalue weighted by molar-refractivity contribution is 6.14. The van der Waals surface area contributed by atoms with Gasteiger partial charge in [-0.2, -0.15) is 0 Å². The molecule has 0 atom stereocenters. The number of allylic oxidation sites excluding steroid dienone is 2. The Morgan fingerprint density at radius 1 is 0.759 bits per heavy atom. The summed E-state index contributed by atoms with van der Waals surface area (Å²) in [5, 5.41) is 20.4. The van der Waals surface area contributed by atoms with Crippen LogP contribution in [-0.2, 0) is 4.79 Å². The summed E-state index contributed by atoms with van der Waals surface area (Å²) in [4.78, 5) is 16.7. The van der Waals surface area contributed by atoms with Crippen molar-refractivity contribution in [3.05, 3.63) is 58.7 Å². The second kappa shape index (κ2) is 8.43. The zero-order valence-corrected chi connectivity index (χ0v) is 17.4. The Morgan fingerprint density at radius 2 is 1.17 bits per heavy atom. The average molecular weight is 392 g/mol. The van der Waals surface area contributed by atoms with Crippen molar-refractivity contribution in [1.82, 2.24) is 0 Å². The second-order valence-corrected chi connectivity index (χ2v) is 7.81. The van der Waals surface area contributed by atoms with E-state index in [0.29, 0.717) is 0 Å². The average Bonchev–Trinajstić information content (AvgIpc) is 2.64. The minimum Gasteiger partial charge on any atom is -0.506 e. The number of phenolic OH excluding ortho intramolecular Hbond substituents is 2. The Morgan fingerprint density at radius 3 is 1.52 bits per heavy atom. The molecule has 0 bridgehead atoms. The van der Waals surface area contributed by atoms with Gasteiger partial charge in [-0.05, 0) is 66.8 Å². The van der Waals surface area contributed by atoms with Crippen LogP contribution in [0.15, 0.2) is 47.5 Å². The lowest BCUT2D eigenvalue weighted by Crippen LogP contribution is -2.12. The first-order chi connectivity index (χ1) is 13.8. The van der Waals surface area contributed by atoms with Crippen LogP contribution >= 0.6 is 0 Å². The van der Waals surface area contributed by atoms with Gasteiger partial charge >= 0.3 is 0 Å². The van der Waals surface area contributed by atoms with Crippen molar-refractivity contribution in [2.75, 3.05) is 38.0 Å². The highest BCUT2D eigenvalue weighted by Gasteiger charge is 2.21. The van der Waals surface area contributed by atoms with Crippen LogP contribution in [0.4, 0.5) is 11.4 Å². The number of phenols is 2. The predicted molar refractivity (Wildman–Crippen MR) is 120 cm³/mol. The Labute approximate surface area is 172 Å². The van der Waals surface area contributed by atoms with E-state index in [2.05, 4.69) is 0 Å². The molecule has 1 fully saturated rings. The molecule has 0 heterocycles. The minimum absolute atomic E-state index is 0.0311. The number of hydrogen-bond donors (Lipinski definition) is 2. The van der Waals surface area contributed by atoms with Crippen molar-refractivity contribution in [2.24, 2.45) is 0 Å². The van der Waals surface area contributed by atoms with Gasteiger partial charge in [0.05, 0.1) is 11.4 Å². The van der Waals surface area contributed by atoms with Crippen molar-refractivity contribution in [3.8, 4) is 11.5 Å². The molecule has 29 heavy (non-hydrogen) atoms.